The molecular weight excluding hydrogens is 344 g/mol. The number of benzene rings is 1. The fourth-order valence-electron chi connectivity index (χ4n) is 1.96. The zero-order chi connectivity index (χ0) is 15.6. The van der Waals surface area contributed by atoms with E-state index >= 15 is 0 Å². The molecule has 2 rings (SSSR count). The summed E-state index contributed by atoms with van der Waals surface area (Å²) in [7, 11) is 0. The molecule has 0 fully saturated rings. The van der Waals surface area contributed by atoms with E-state index in [0.717, 1.165) is 34.4 Å². The lowest BCUT2D eigenvalue weighted by molar-refractivity contribution is 0.276. The smallest absolute Gasteiger partial charge is 0.167 e. The fraction of sp³-hybridized carbons (Fsp3) is 0.357. The Hall–Kier alpha value is -1.63. The maximum atomic E-state index is 13.7. The van der Waals surface area contributed by atoms with Crippen LogP contribution in [0.2, 0.25) is 0 Å². The molecule has 0 radical (unpaired) electrons. The van der Waals surface area contributed by atoms with Gasteiger partial charge in [0.05, 0.1) is 21.5 Å². The first-order valence-corrected chi connectivity index (χ1v) is 7.38. The van der Waals surface area contributed by atoms with E-state index in [9.17, 15) is 8.78 Å². The first kappa shape index (κ1) is 15.8. The van der Waals surface area contributed by atoms with Crippen LogP contribution in [0.5, 0.6) is 5.75 Å². The maximum absolute atomic E-state index is 13.7. The van der Waals surface area contributed by atoms with Gasteiger partial charge in [-0.15, -0.1) is 0 Å². The number of hydrogen-bond acceptors (Lipinski definition) is 3. The molecule has 0 saturated carbocycles. The fourth-order valence-corrected chi connectivity index (χ4v) is 2.63. The van der Waals surface area contributed by atoms with Gasteiger partial charge >= 0.3 is 0 Å². The average Bonchev–Trinajstić information content (AvgIpc) is 2.77. The number of halogens is 3. The summed E-state index contributed by atoms with van der Waals surface area (Å²) in [6.45, 7) is 4.69. The molecule has 0 aliphatic carbocycles. The number of nitrogen functional groups attached to an aromatic ring is 1. The van der Waals surface area contributed by atoms with Gasteiger partial charge in [0.15, 0.2) is 11.6 Å². The Kier molecular flexibility index (Phi) is 4.82. The van der Waals surface area contributed by atoms with Crippen molar-refractivity contribution in [2.45, 2.75) is 33.4 Å². The Balaban J connectivity index is 2.24. The van der Waals surface area contributed by atoms with Crippen LogP contribution in [-0.4, -0.2) is 9.78 Å². The molecule has 0 atom stereocenters. The molecule has 0 bridgehead atoms. The Morgan fingerprint density at radius 3 is 2.62 bits per heavy atom. The highest BCUT2D eigenvalue weighted by Crippen LogP contribution is 2.27. The second-order valence-electron chi connectivity index (χ2n) is 4.47. The van der Waals surface area contributed by atoms with Crippen LogP contribution in [-0.2, 0) is 19.6 Å². The van der Waals surface area contributed by atoms with Crippen LogP contribution in [0.3, 0.4) is 0 Å². The van der Waals surface area contributed by atoms with Crippen LogP contribution in [0, 0.1) is 11.6 Å². The summed E-state index contributed by atoms with van der Waals surface area (Å²) in [4.78, 5) is 0. The summed E-state index contributed by atoms with van der Waals surface area (Å²) >= 11 is 3.47. The first-order valence-electron chi connectivity index (χ1n) is 6.59. The van der Waals surface area contributed by atoms with Crippen molar-refractivity contribution < 1.29 is 13.5 Å². The minimum atomic E-state index is -0.705. The van der Waals surface area contributed by atoms with Gasteiger partial charge in [-0.1, -0.05) is 6.92 Å². The van der Waals surface area contributed by atoms with Crippen molar-refractivity contribution in [3.63, 3.8) is 0 Å². The Morgan fingerprint density at radius 1 is 1.29 bits per heavy atom. The predicted molar refractivity (Wildman–Crippen MR) is 80.1 cm³/mol. The normalized spacial score (nSPS) is 10.9. The van der Waals surface area contributed by atoms with E-state index in [2.05, 4.69) is 21.0 Å². The zero-order valence-corrected chi connectivity index (χ0v) is 13.4. The van der Waals surface area contributed by atoms with Gasteiger partial charge in [0.1, 0.15) is 12.4 Å². The van der Waals surface area contributed by atoms with E-state index < -0.39 is 11.6 Å². The van der Waals surface area contributed by atoms with Gasteiger partial charge < -0.3 is 10.5 Å². The third kappa shape index (κ3) is 3.18. The van der Waals surface area contributed by atoms with Crippen LogP contribution in [0.25, 0.3) is 0 Å². The second kappa shape index (κ2) is 6.43. The molecule has 1 aromatic heterocycles. The molecule has 2 aromatic rings. The molecule has 0 aliphatic heterocycles. The third-order valence-corrected chi connectivity index (χ3v) is 4.03. The van der Waals surface area contributed by atoms with Crippen molar-refractivity contribution in [2.75, 3.05) is 5.73 Å². The predicted octanol–water partition coefficient (Wildman–Crippen LogP) is 3.67. The van der Waals surface area contributed by atoms with Crippen LogP contribution >= 0.6 is 15.9 Å². The van der Waals surface area contributed by atoms with E-state index in [1.165, 1.54) is 0 Å². The van der Waals surface area contributed by atoms with Gasteiger partial charge in [0, 0.05) is 18.7 Å². The number of nitrogens with two attached hydrogens (primary N) is 1. The summed E-state index contributed by atoms with van der Waals surface area (Å²) in [5.41, 5.74) is 6.74. The molecule has 0 amide bonds. The van der Waals surface area contributed by atoms with Gasteiger partial charge in [0.2, 0.25) is 0 Å². The highest BCUT2D eigenvalue weighted by molar-refractivity contribution is 9.10. The quantitative estimate of drug-likeness (QED) is 0.828. The van der Waals surface area contributed by atoms with Crippen molar-refractivity contribution >= 4 is 21.6 Å². The molecule has 1 aromatic carbocycles. The number of aryl methyl sites for hydroxylation is 2. The molecule has 7 heteroatoms. The van der Waals surface area contributed by atoms with Crippen molar-refractivity contribution in [1.82, 2.24) is 9.78 Å². The highest BCUT2D eigenvalue weighted by Gasteiger charge is 2.16. The maximum Gasteiger partial charge on any atom is 0.167 e. The summed E-state index contributed by atoms with van der Waals surface area (Å²) in [5.74, 6) is -1.57. The number of rotatable bonds is 5. The second-order valence-corrected chi connectivity index (χ2v) is 5.26. The van der Waals surface area contributed by atoms with Crippen LogP contribution in [0.1, 0.15) is 25.2 Å². The molecule has 0 spiro atoms. The van der Waals surface area contributed by atoms with E-state index in [-0.39, 0.29) is 18.0 Å². The molecule has 2 N–H and O–H groups in total. The van der Waals surface area contributed by atoms with Gasteiger partial charge in [-0.05, 0) is 29.3 Å². The van der Waals surface area contributed by atoms with Crippen LogP contribution < -0.4 is 10.5 Å². The number of ether oxygens (including phenoxy) is 1. The Labute approximate surface area is 130 Å². The van der Waals surface area contributed by atoms with Crippen molar-refractivity contribution in [2.24, 2.45) is 0 Å². The lowest BCUT2D eigenvalue weighted by Gasteiger charge is -2.10. The molecule has 0 aliphatic rings. The Morgan fingerprint density at radius 2 is 2.00 bits per heavy atom. The largest absolute Gasteiger partial charge is 0.484 e. The summed E-state index contributed by atoms with van der Waals surface area (Å²) in [5, 5.41) is 4.42. The summed E-state index contributed by atoms with van der Waals surface area (Å²) < 4.78 is 35.0. The van der Waals surface area contributed by atoms with Crippen molar-refractivity contribution in [3.05, 3.63) is 39.6 Å². The molecule has 0 saturated heterocycles. The standard InChI is InChI=1S/C14H16BrF2N3O/c1-3-11-14(15)12(20(4-2)19-11)7-21-13-6-8(16)10(18)5-9(13)17/h5-6H,3-4,7,18H2,1-2H3. The van der Waals surface area contributed by atoms with Gasteiger partial charge in [-0.25, -0.2) is 8.78 Å². The van der Waals surface area contributed by atoms with Gasteiger partial charge in [-0.3, -0.25) is 4.68 Å². The minimum Gasteiger partial charge on any atom is -0.484 e. The monoisotopic (exact) mass is 359 g/mol. The lowest BCUT2D eigenvalue weighted by Crippen LogP contribution is -2.07. The molecule has 21 heavy (non-hydrogen) atoms. The van der Waals surface area contributed by atoms with Crippen LogP contribution in [0.4, 0.5) is 14.5 Å². The Bertz CT molecular complexity index is 658. The van der Waals surface area contributed by atoms with Gasteiger partial charge in [-0.2, -0.15) is 5.10 Å². The molecular formula is C14H16BrF2N3O. The molecule has 1 heterocycles. The summed E-state index contributed by atoms with van der Waals surface area (Å²) in [6, 6.07) is 1.86. The molecule has 114 valence electrons. The van der Waals surface area contributed by atoms with E-state index in [1.807, 2.05) is 13.8 Å². The summed E-state index contributed by atoms with van der Waals surface area (Å²) in [6.07, 6.45) is 0.769. The van der Waals surface area contributed by atoms with E-state index in [4.69, 9.17) is 10.5 Å². The minimum absolute atomic E-state index is 0.0850. The first-order chi connectivity index (χ1) is 9.97. The zero-order valence-electron chi connectivity index (χ0n) is 11.8. The third-order valence-electron chi connectivity index (χ3n) is 3.11. The average molecular weight is 360 g/mol. The SMILES string of the molecule is CCc1nn(CC)c(COc2cc(F)c(N)cc2F)c1Br. The number of hydrogen-bond donors (Lipinski definition) is 1. The van der Waals surface area contributed by atoms with Gasteiger partial charge in [0.25, 0.3) is 0 Å². The van der Waals surface area contributed by atoms with Crippen molar-refractivity contribution in [3.8, 4) is 5.75 Å². The molecule has 4 nitrogen and oxygen atoms in total. The number of aromatic nitrogens is 2. The topological polar surface area (TPSA) is 53.1 Å². The van der Waals surface area contributed by atoms with E-state index in [0.29, 0.717) is 6.54 Å². The lowest BCUT2D eigenvalue weighted by atomic mass is 10.3. The number of anilines is 1. The van der Waals surface area contributed by atoms with Crippen molar-refractivity contribution in [1.29, 1.82) is 0 Å². The number of nitrogens with zero attached hydrogens (tertiary/aromatic N) is 2. The van der Waals surface area contributed by atoms with E-state index in [1.54, 1.807) is 4.68 Å². The van der Waals surface area contributed by atoms with Crippen LogP contribution in [0.15, 0.2) is 16.6 Å². The molecule has 0 unspecified atom stereocenters. The highest BCUT2D eigenvalue weighted by atomic mass is 79.9.